The van der Waals surface area contributed by atoms with E-state index < -0.39 is 5.97 Å². The summed E-state index contributed by atoms with van der Waals surface area (Å²) in [6.07, 6.45) is 4.74. The predicted molar refractivity (Wildman–Crippen MR) is 93.9 cm³/mol. The van der Waals surface area contributed by atoms with E-state index in [0.29, 0.717) is 38.8 Å². The molecule has 1 saturated heterocycles. The molecule has 0 radical (unpaired) electrons. The van der Waals surface area contributed by atoms with Gasteiger partial charge in [-0.05, 0) is 44.1 Å². The Bertz CT molecular complexity index is 575. The van der Waals surface area contributed by atoms with Crippen LogP contribution >= 0.6 is 0 Å². The average molecular weight is 345 g/mol. The number of aliphatic carboxylic acids is 1. The Labute approximate surface area is 149 Å². The number of benzene rings is 1. The molecule has 1 amide bonds. The van der Waals surface area contributed by atoms with Gasteiger partial charge < -0.3 is 14.7 Å². The van der Waals surface area contributed by atoms with Crippen LogP contribution in [0.2, 0.25) is 0 Å². The highest BCUT2D eigenvalue weighted by atomic mass is 16.5. The molecule has 3 rings (SSSR count). The Hall–Kier alpha value is -1.88. The van der Waals surface area contributed by atoms with Gasteiger partial charge in [-0.1, -0.05) is 30.3 Å². The maximum atomic E-state index is 13.1. The van der Waals surface area contributed by atoms with E-state index >= 15 is 0 Å². The first-order valence-corrected chi connectivity index (χ1v) is 9.30. The topological polar surface area (TPSA) is 66.8 Å². The first kappa shape index (κ1) is 17.9. The zero-order chi connectivity index (χ0) is 17.6. The number of rotatable bonds is 6. The molecular formula is C20H27NO4. The van der Waals surface area contributed by atoms with Crippen molar-refractivity contribution in [2.45, 2.75) is 51.2 Å². The minimum atomic E-state index is -0.730. The second-order valence-electron chi connectivity index (χ2n) is 7.23. The number of ether oxygens (including phenoxy) is 1. The number of hydrogen-bond acceptors (Lipinski definition) is 3. The van der Waals surface area contributed by atoms with Gasteiger partial charge in [0, 0.05) is 25.6 Å². The highest BCUT2D eigenvalue weighted by Crippen LogP contribution is 2.31. The van der Waals surface area contributed by atoms with Gasteiger partial charge in [0.05, 0.1) is 12.0 Å². The third-order valence-corrected chi connectivity index (χ3v) is 5.40. The summed E-state index contributed by atoms with van der Waals surface area (Å²) in [4.78, 5) is 26.1. The van der Waals surface area contributed by atoms with Gasteiger partial charge in [0.15, 0.2) is 0 Å². The molecule has 0 unspecified atom stereocenters. The SMILES string of the molecule is O=C(O)C1CCC(C(=O)N(Cc2ccccc2)C[C@@H]2CCCO2)CC1. The Balaban J connectivity index is 1.65. The Kier molecular flexibility index (Phi) is 6.08. The van der Waals surface area contributed by atoms with E-state index in [2.05, 4.69) is 0 Å². The molecule has 1 heterocycles. The lowest BCUT2D eigenvalue weighted by Gasteiger charge is -2.32. The second kappa shape index (κ2) is 8.48. The molecule has 1 aliphatic carbocycles. The number of carboxylic acids is 1. The molecule has 0 spiro atoms. The molecular weight excluding hydrogens is 318 g/mol. The highest BCUT2D eigenvalue weighted by Gasteiger charge is 2.33. The Morgan fingerprint density at radius 2 is 1.72 bits per heavy atom. The number of hydrogen-bond donors (Lipinski definition) is 1. The smallest absolute Gasteiger partial charge is 0.306 e. The van der Waals surface area contributed by atoms with Crippen molar-refractivity contribution in [2.24, 2.45) is 11.8 Å². The van der Waals surface area contributed by atoms with Gasteiger partial charge in [0.1, 0.15) is 0 Å². The summed E-state index contributed by atoms with van der Waals surface area (Å²) in [5.41, 5.74) is 1.12. The van der Waals surface area contributed by atoms with Crippen molar-refractivity contribution >= 4 is 11.9 Å². The van der Waals surface area contributed by atoms with Gasteiger partial charge in [-0.15, -0.1) is 0 Å². The van der Waals surface area contributed by atoms with Gasteiger partial charge in [0.2, 0.25) is 5.91 Å². The lowest BCUT2D eigenvalue weighted by molar-refractivity contribution is -0.146. The highest BCUT2D eigenvalue weighted by molar-refractivity contribution is 5.79. The summed E-state index contributed by atoms with van der Waals surface area (Å²) in [7, 11) is 0. The largest absolute Gasteiger partial charge is 0.481 e. The van der Waals surface area contributed by atoms with Crippen LogP contribution in [0, 0.1) is 11.8 Å². The minimum Gasteiger partial charge on any atom is -0.481 e. The summed E-state index contributed by atoms with van der Waals surface area (Å²) in [6.45, 7) is 2.01. The van der Waals surface area contributed by atoms with E-state index in [9.17, 15) is 9.59 Å². The van der Waals surface area contributed by atoms with Gasteiger partial charge in [-0.25, -0.2) is 0 Å². The molecule has 0 bridgehead atoms. The molecule has 1 saturated carbocycles. The summed E-state index contributed by atoms with van der Waals surface area (Å²) < 4.78 is 5.74. The molecule has 1 aromatic rings. The van der Waals surface area contributed by atoms with E-state index in [1.165, 1.54) is 0 Å². The third-order valence-electron chi connectivity index (χ3n) is 5.40. The fourth-order valence-electron chi connectivity index (χ4n) is 3.92. The molecule has 1 N–H and O–H groups in total. The molecule has 5 heteroatoms. The standard InChI is InChI=1S/C20H27NO4/c22-19(16-8-10-17(11-9-16)20(23)24)21(14-18-7-4-12-25-18)13-15-5-2-1-3-6-15/h1-3,5-6,16-18H,4,7-14H2,(H,23,24)/t16?,17?,18-/m0/s1. The first-order valence-electron chi connectivity index (χ1n) is 9.30. The third kappa shape index (κ3) is 4.82. The number of carboxylic acid groups (broad SMARTS) is 1. The van der Waals surface area contributed by atoms with Crippen molar-refractivity contribution in [1.29, 1.82) is 0 Å². The molecule has 2 aliphatic rings. The summed E-state index contributed by atoms with van der Waals surface area (Å²) in [5, 5.41) is 9.14. The number of carbonyl (C=O) groups is 2. The zero-order valence-electron chi connectivity index (χ0n) is 14.6. The van der Waals surface area contributed by atoms with Crippen LogP contribution in [-0.4, -0.2) is 41.1 Å². The molecule has 0 aromatic heterocycles. The van der Waals surface area contributed by atoms with Crippen LogP contribution in [0.25, 0.3) is 0 Å². The molecule has 2 fully saturated rings. The maximum Gasteiger partial charge on any atom is 0.306 e. The first-order chi connectivity index (χ1) is 12.1. The van der Waals surface area contributed by atoms with Crippen molar-refractivity contribution in [3.05, 3.63) is 35.9 Å². The molecule has 136 valence electrons. The lowest BCUT2D eigenvalue weighted by atomic mass is 9.81. The van der Waals surface area contributed by atoms with E-state index in [0.717, 1.165) is 25.0 Å². The van der Waals surface area contributed by atoms with Crippen molar-refractivity contribution in [3.8, 4) is 0 Å². The zero-order valence-corrected chi connectivity index (χ0v) is 14.6. The van der Waals surface area contributed by atoms with E-state index in [-0.39, 0.29) is 23.8 Å². The number of nitrogens with zero attached hydrogens (tertiary/aromatic N) is 1. The van der Waals surface area contributed by atoms with E-state index in [1.807, 2.05) is 35.2 Å². The van der Waals surface area contributed by atoms with Crippen molar-refractivity contribution < 1.29 is 19.4 Å². The fraction of sp³-hybridized carbons (Fsp3) is 0.600. The van der Waals surface area contributed by atoms with E-state index in [1.54, 1.807) is 0 Å². The van der Waals surface area contributed by atoms with Crippen molar-refractivity contribution in [2.75, 3.05) is 13.2 Å². The Morgan fingerprint density at radius 3 is 2.32 bits per heavy atom. The fourth-order valence-corrected chi connectivity index (χ4v) is 3.92. The van der Waals surface area contributed by atoms with E-state index in [4.69, 9.17) is 9.84 Å². The average Bonchev–Trinajstić information content (AvgIpc) is 3.14. The van der Waals surface area contributed by atoms with Crippen LogP contribution in [0.4, 0.5) is 0 Å². The molecule has 5 nitrogen and oxygen atoms in total. The minimum absolute atomic E-state index is 0.0549. The quantitative estimate of drug-likeness (QED) is 0.860. The summed E-state index contributed by atoms with van der Waals surface area (Å²) >= 11 is 0. The molecule has 1 aliphatic heterocycles. The van der Waals surface area contributed by atoms with Crippen LogP contribution in [0.15, 0.2) is 30.3 Å². The second-order valence-corrected chi connectivity index (χ2v) is 7.23. The summed E-state index contributed by atoms with van der Waals surface area (Å²) in [6, 6.07) is 10.0. The summed E-state index contributed by atoms with van der Waals surface area (Å²) in [5.74, 6) is -0.917. The Morgan fingerprint density at radius 1 is 1.04 bits per heavy atom. The lowest BCUT2D eigenvalue weighted by Crippen LogP contribution is -2.41. The van der Waals surface area contributed by atoms with Crippen molar-refractivity contribution in [1.82, 2.24) is 4.90 Å². The maximum absolute atomic E-state index is 13.1. The normalized spacial score (nSPS) is 26.3. The van der Waals surface area contributed by atoms with Crippen LogP contribution in [0.3, 0.4) is 0 Å². The van der Waals surface area contributed by atoms with Crippen LogP contribution in [0.5, 0.6) is 0 Å². The van der Waals surface area contributed by atoms with Crippen LogP contribution < -0.4 is 0 Å². The van der Waals surface area contributed by atoms with Crippen molar-refractivity contribution in [3.63, 3.8) is 0 Å². The van der Waals surface area contributed by atoms with Crippen LogP contribution in [-0.2, 0) is 20.9 Å². The molecule has 1 atom stereocenters. The molecule has 1 aromatic carbocycles. The number of amides is 1. The monoisotopic (exact) mass is 345 g/mol. The molecule has 25 heavy (non-hydrogen) atoms. The van der Waals surface area contributed by atoms with Gasteiger partial charge in [-0.2, -0.15) is 0 Å². The van der Waals surface area contributed by atoms with Gasteiger partial charge in [-0.3, -0.25) is 9.59 Å². The number of carbonyl (C=O) groups excluding carboxylic acids is 1. The van der Waals surface area contributed by atoms with Crippen LogP contribution in [0.1, 0.15) is 44.1 Å². The van der Waals surface area contributed by atoms with Gasteiger partial charge in [0.25, 0.3) is 0 Å². The predicted octanol–water partition coefficient (Wildman–Crippen LogP) is 3.09. The van der Waals surface area contributed by atoms with Gasteiger partial charge >= 0.3 is 5.97 Å².